The SMILES string of the molecule is CC/C=C\C/C=C\C/C=C\C/C=C\CCCCCCC(=O)OCC(COP(=O)(O)OCC(O)COP(=O)(O)OCC(COC(=O)CCCCCCCC/C=C\C/C=C\C/C=C\CCCCC)OC(=O)CCCC/C=C\C/C=C\C/C=C\C/C=C\CC)OC(=O)CCCC/C=C\C/C=C\C/C=C\C/C=C\CC. The average molecular weight is 1520 g/mol. The highest BCUT2D eigenvalue weighted by Gasteiger charge is 2.30. The second-order valence-electron chi connectivity index (χ2n) is 25.9. The molecule has 0 aliphatic carbocycles. The van der Waals surface area contributed by atoms with Crippen LogP contribution in [-0.4, -0.2) is 96.7 Å². The third-order valence-electron chi connectivity index (χ3n) is 15.8. The predicted octanol–water partition coefficient (Wildman–Crippen LogP) is 23.6. The lowest BCUT2D eigenvalue weighted by Gasteiger charge is -2.21. The van der Waals surface area contributed by atoms with E-state index in [0.717, 1.165) is 173 Å². The summed E-state index contributed by atoms with van der Waals surface area (Å²) in [6.07, 6.45) is 93.1. The number of phosphoric ester groups is 2. The number of carbonyl (C=O) groups is 4. The molecule has 3 N–H and O–H groups in total. The lowest BCUT2D eigenvalue weighted by Crippen LogP contribution is -2.30. The third-order valence-corrected chi connectivity index (χ3v) is 17.7. The van der Waals surface area contributed by atoms with Gasteiger partial charge in [-0.3, -0.25) is 37.3 Å². The van der Waals surface area contributed by atoms with E-state index in [1.54, 1.807) is 0 Å². The molecule has 106 heavy (non-hydrogen) atoms. The first-order valence-corrected chi connectivity index (χ1v) is 43.0. The van der Waals surface area contributed by atoms with Crippen LogP contribution in [0.15, 0.2) is 182 Å². The van der Waals surface area contributed by atoms with Gasteiger partial charge in [-0.2, -0.15) is 0 Å². The number of hydrogen-bond acceptors (Lipinski definition) is 15. The smallest absolute Gasteiger partial charge is 0.462 e. The number of aliphatic hydroxyl groups is 1. The largest absolute Gasteiger partial charge is 0.472 e. The molecule has 0 saturated heterocycles. The van der Waals surface area contributed by atoms with Gasteiger partial charge in [-0.1, -0.05) is 261 Å². The van der Waals surface area contributed by atoms with Crippen molar-refractivity contribution in [3.8, 4) is 0 Å². The zero-order valence-electron chi connectivity index (χ0n) is 65.5. The van der Waals surface area contributed by atoms with Crippen LogP contribution in [0.4, 0.5) is 0 Å². The molecule has 0 aromatic rings. The lowest BCUT2D eigenvalue weighted by atomic mass is 10.1. The minimum absolute atomic E-state index is 0.0286. The molecular weight excluding hydrogens is 1380 g/mol. The molecule has 0 aliphatic heterocycles. The maximum absolute atomic E-state index is 13.1. The first kappa shape index (κ1) is 100. The zero-order chi connectivity index (χ0) is 77.4. The van der Waals surface area contributed by atoms with Crippen LogP contribution in [-0.2, 0) is 65.4 Å². The highest BCUT2D eigenvalue weighted by atomic mass is 31.2. The molecule has 0 aromatic heterocycles. The maximum Gasteiger partial charge on any atom is 0.472 e. The standard InChI is InChI=1S/C87H140O17P2/c1-5-9-13-17-21-25-29-33-37-39-40-42-46-48-52-56-60-64-68-72-85(90)98-78-83(104-87(92)74-70-66-62-58-54-50-44-36-32-28-24-20-16-12-8-4)80-102-106(95,96)100-76-81(88)75-99-105(93,94)101-79-82(103-86(91)73-69-65-61-57-53-49-43-35-31-27-23-19-15-11-7-3)77-97-84(89)71-67-63-59-55-51-47-45-41-38-34-30-26-22-18-14-10-6-2/h10-12,14-16,21-28,33-38,40,42-45,47,53-54,57-58,81-83,88H,5-9,13,17-20,29-32,39,41,46,48-52,55-56,59-80H2,1-4H3,(H,93,94)(H,95,96)/b14-10-,15-11-,16-12-,25-21-,26-22-,27-23-,28-24-,37-33-,38-34-,42-40-,43-35-,44-36-,47-45-,57-53-,58-54-. The molecule has 0 saturated carbocycles. The summed E-state index contributed by atoms with van der Waals surface area (Å²) in [6.45, 7) is 4.34. The van der Waals surface area contributed by atoms with E-state index in [0.29, 0.717) is 38.5 Å². The number of rotatable bonds is 73. The Bertz CT molecular complexity index is 2730. The monoisotopic (exact) mass is 1520 g/mol. The van der Waals surface area contributed by atoms with Crippen molar-refractivity contribution in [2.24, 2.45) is 0 Å². The number of esters is 4. The van der Waals surface area contributed by atoms with Gasteiger partial charge < -0.3 is 33.8 Å². The van der Waals surface area contributed by atoms with E-state index in [4.69, 9.17) is 37.0 Å². The van der Waals surface area contributed by atoms with E-state index in [2.05, 4.69) is 210 Å². The van der Waals surface area contributed by atoms with Crippen LogP contribution in [0.3, 0.4) is 0 Å². The Balaban J connectivity index is 5.48. The van der Waals surface area contributed by atoms with E-state index in [1.165, 1.54) is 19.3 Å². The molecule has 19 heteroatoms. The molecule has 0 radical (unpaired) electrons. The first-order valence-electron chi connectivity index (χ1n) is 40.0. The van der Waals surface area contributed by atoms with Crippen LogP contribution in [0.1, 0.15) is 285 Å². The summed E-state index contributed by atoms with van der Waals surface area (Å²) < 4.78 is 68.5. The van der Waals surface area contributed by atoms with E-state index in [1.807, 2.05) is 0 Å². The Hall–Kier alpha value is -5.84. The van der Waals surface area contributed by atoms with Gasteiger partial charge >= 0.3 is 39.5 Å². The fourth-order valence-electron chi connectivity index (χ4n) is 9.85. The number of allylic oxidation sites excluding steroid dienone is 30. The molecule has 0 spiro atoms. The molecule has 17 nitrogen and oxygen atoms in total. The van der Waals surface area contributed by atoms with E-state index in [-0.39, 0.29) is 25.7 Å². The van der Waals surface area contributed by atoms with Crippen molar-refractivity contribution in [2.45, 2.75) is 303 Å². The molecule has 0 bridgehead atoms. The number of hydrogen-bond donors (Lipinski definition) is 3. The van der Waals surface area contributed by atoms with Gasteiger partial charge in [0.15, 0.2) is 12.2 Å². The molecule has 0 heterocycles. The first-order chi connectivity index (χ1) is 51.7. The zero-order valence-corrected chi connectivity index (χ0v) is 67.3. The second-order valence-corrected chi connectivity index (χ2v) is 28.8. The third kappa shape index (κ3) is 76.4. The van der Waals surface area contributed by atoms with Crippen molar-refractivity contribution >= 4 is 39.5 Å². The highest BCUT2D eigenvalue weighted by Crippen LogP contribution is 2.45. The molecular formula is C87H140O17P2. The van der Waals surface area contributed by atoms with Crippen molar-refractivity contribution < 1.29 is 80.2 Å². The van der Waals surface area contributed by atoms with E-state index in [9.17, 15) is 43.2 Å². The topological polar surface area (TPSA) is 237 Å². The molecule has 0 aliphatic rings. The van der Waals surface area contributed by atoms with Crippen LogP contribution < -0.4 is 0 Å². The van der Waals surface area contributed by atoms with E-state index < -0.39 is 97.5 Å². The Morgan fingerprint density at radius 3 is 0.774 bits per heavy atom. The summed E-state index contributed by atoms with van der Waals surface area (Å²) in [7, 11) is -10.0. The van der Waals surface area contributed by atoms with Crippen molar-refractivity contribution in [3.63, 3.8) is 0 Å². The molecule has 0 aromatic carbocycles. The van der Waals surface area contributed by atoms with Gasteiger partial charge in [0.2, 0.25) is 0 Å². The summed E-state index contributed by atoms with van der Waals surface area (Å²) in [4.78, 5) is 73.0. The normalized spacial score (nSPS) is 14.8. The molecule has 0 amide bonds. The average Bonchev–Trinajstić information content (AvgIpc) is 0.928. The van der Waals surface area contributed by atoms with Gasteiger partial charge in [-0.15, -0.1) is 0 Å². The number of phosphoric acid groups is 2. The summed E-state index contributed by atoms with van der Waals surface area (Å²) in [5, 5.41) is 10.6. The molecule has 5 atom stereocenters. The van der Waals surface area contributed by atoms with Crippen LogP contribution in [0.5, 0.6) is 0 Å². The van der Waals surface area contributed by atoms with Crippen LogP contribution in [0.2, 0.25) is 0 Å². The quantitative estimate of drug-likeness (QED) is 0.0169. The lowest BCUT2D eigenvalue weighted by molar-refractivity contribution is -0.161. The fraction of sp³-hybridized carbons (Fsp3) is 0.609. The summed E-state index contributed by atoms with van der Waals surface area (Å²) >= 11 is 0. The maximum atomic E-state index is 13.1. The van der Waals surface area contributed by atoms with Gasteiger partial charge in [0.25, 0.3) is 0 Å². The fourth-order valence-corrected chi connectivity index (χ4v) is 11.4. The van der Waals surface area contributed by atoms with Crippen molar-refractivity contribution in [1.29, 1.82) is 0 Å². The van der Waals surface area contributed by atoms with Gasteiger partial charge in [0.1, 0.15) is 19.3 Å². The second kappa shape index (κ2) is 77.3. The van der Waals surface area contributed by atoms with Crippen molar-refractivity contribution in [3.05, 3.63) is 182 Å². The van der Waals surface area contributed by atoms with Crippen LogP contribution >= 0.6 is 15.6 Å². The number of unbranched alkanes of at least 4 members (excludes halogenated alkanes) is 17. The summed E-state index contributed by atoms with van der Waals surface area (Å²) in [5.74, 6) is -2.33. The van der Waals surface area contributed by atoms with Crippen LogP contribution in [0.25, 0.3) is 0 Å². The molecule has 5 unspecified atom stereocenters. The van der Waals surface area contributed by atoms with Gasteiger partial charge in [0, 0.05) is 25.7 Å². The molecule has 0 rings (SSSR count). The predicted molar refractivity (Wildman–Crippen MR) is 436 cm³/mol. The molecule has 600 valence electrons. The van der Waals surface area contributed by atoms with Crippen molar-refractivity contribution in [1.82, 2.24) is 0 Å². The van der Waals surface area contributed by atoms with Crippen LogP contribution in [0, 0.1) is 0 Å². The Kier molecular flexibility index (Phi) is 73.1. The summed E-state index contributed by atoms with van der Waals surface area (Å²) in [5.41, 5.74) is 0. The number of ether oxygens (including phenoxy) is 4. The minimum Gasteiger partial charge on any atom is -0.462 e. The van der Waals surface area contributed by atoms with Gasteiger partial charge in [0.05, 0.1) is 26.4 Å². The van der Waals surface area contributed by atoms with Crippen molar-refractivity contribution in [2.75, 3.05) is 39.6 Å². The summed E-state index contributed by atoms with van der Waals surface area (Å²) in [6, 6.07) is 0. The minimum atomic E-state index is -5.01. The van der Waals surface area contributed by atoms with E-state index >= 15 is 0 Å². The number of carbonyl (C=O) groups excluding carboxylic acids is 4. The van der Waals surface area contributed by atoms with Gasteiger partial charge in [-0.25, -0.2) is 9.13 Å². The number of aliphatic hydroxyl groups excluding tert-OH is 1. The Labute approximate surface area is 641 Å². The molecule has 0 fully saturated rings. The Morgan fingerprint density at radius 1 is 0.274 bits per heavy atom. The highest BCUT2D eigenvalue weighted by molar-refractivity contribution is 7.47. The van der Waals surface area contributed by atoms with Gasteiger partial charge in [-0.05, 0) is 180 Å². The Morgan fingerprint density at radius 2 is 0.491 bits per heavy atom.